The summed E-state index contributed by atoms with van der Waals surface area (Å²) in [7, 11) is 1.59. The zero-order valence-electron chi connectivity index (χ0n) is 10.6. The van der Waals surface area contributed by atoms with Gasteiger partial charge in [0, 0.05) is 22.9 Å². The predicted molar refractivity (Wildman–Crippen MR) is 75.0 cm³/mol. The molecule has 0 radical (unpaired) electrons. The highest BCUT2D eigenvalue weighted by Gasteiger charge is 2.15. The van der Waals surface area contributed by atoms with Gasteiger partial charge in [-0.3, -0.25) is 4.98 Å². The molecule has 1 aromatic carbocycles. The van der Waals surface area contributed by atoms with Crippen molar-refractivity contribution in [3.8, 4) is 16.9 Å². The molecule has 0 unspecified atom stereocenters. The van der Waals surface area contributed by atoms with Crippen LogP contribution in [-0.2, 0) is 0 Å². The molecule has 19 heavy (non-hydrogen) atoms. The van der Waals surface area contributed by atoms with Crippen LogP contribution in [0.4, 0.5) is 0 Å². The lowest BCUT2D eigenvalue weighted by Crippen LogP contribution is -2.01. The Labute approximate surface area is 115 Å². The second-order valence-corrected chi connectivity index (χ2v) is 4.64. The highest BCUT2D eigenvalue weighted by molar-refractivity contribution is 7.98. The van der Waals surface area contributed by atoms with Crippen molar-refractivity contribution in [2.75, 3.05) is 13.4 Å². The number of rotatable bonds is 4. The molecule has 4 nitrogen and oxygen atoms in total. The lowest BCUT2D eigenvalue weighted by atomic mass is 10.0. The molecule has 0 aliphatic heterocycles. The van der Waals surface area contributed by atoms with Crippen LogP contribution in [0.15, 0.2) is 41.6 Å². The minimum atomic E-state index is -0.988. The fourth-order valence-corrected chi connectivity index (χ4v) is 2.42. The maximum atomic E-state index is 11.3. The number of carboxylic acid groups (broad SMARTS) is 1. The molecule has 0 fully saturated rings. The third-order valence-corrected chi connectivity index (χ3v) is 3.54. The second kappa shape index (κ2) is 5.75. The fraction of sp³-hybridized carbons (Fsp3) is 0.143. The Kier molecular flexibility index (Phi) is 4.06. The fourth-order valence-electron chi connectivity index (χ4n) is 1.82. The van der Waals surface area contributed by atoms with Gasteiger partial charge >= 0.3 is 5.97 Å². The third-order valence-electron chi connectivity index (χ3n) is 2.75. The number of pyridine rings is 1. The number of methoxy groups -OCH3 is 1. The summed E-state index contributed by atoms with van der Waals surface area (Å²) in [5.41, 5.74) is 1.67. The molecule has 2 rings (SSSR count). The molecule has 98 valence electrons. The van der Waals surface area contributed by atoms with Crippen molar-refractivity contribution in [3.05, 3.63) is 42.2 Å². The van der Waals surface area contributed by atoms with E-state index in [1.165, 1.54) is 6.20 Å². The Morgan fingerprint density at radius 3 is 2.74 bits per heavy atom. The maximum absolute atomic E-state index is 11.3. The lowest BCUT2D eigenvalue weighted by Gasteiger charge is -2.11. The minimum absolute atomic E-state index is 0.186. The molecular weight excluding hydrogens is 262 g/mol. The topological polar surface area (TPSA) is 59.4 Å². The number of benzene rings is 1. The maximum Gasteiger partial charge on any atom is 0.337 e. The molecule has 0 saturated carbocycles. The quantitative estimate of drug-likeness (QED) is 0.868. The molecule has 1 N–H and O–H groups in total. The molecular formula is C14H13NO3S. The van der Waals surface area contributed by atoms with E-state index in [4.69, 9.17) is 4.74 Å². The van der Waals surface area contributed by atoms with Gasteiger partial charge in [0.05, 0.1) is 12.7 Å². The molecule has 0 bridgehead atoms. The highest BCUT2D eigenvalue weighted by atomic mass is 32.2. The van der Waals surface area contributed by atoms with Gasteiger partial charge in [-0.15, -0.1) is 11.8 Å². The standard InChI is InChI=1S/C14H13NO3S/c1-18-9-3-4-13(19-2)11(7-9)10-5-6-15-8-12(10)14(16)17/h3-8H,1-2H3,(H,16,17). The Morgan fingerprint density at radius 1 is 1.32 bits per heavy atom. The first-order chi connectivity index (χ1) is 9.17. The van der Waals surface area contributed by atoms with E-state index in [0.29, 0.717) is 11.3 Å². The summed E-state index contributed by atoms with van der Waals surface area (Å²) in [5, 5.41) is 9.24. The van der Waals surface area contributed by atoms with Gasteiger partial charge in [0.15, 0.2) is 0 Å². The molecule has 2 aromatic rings. The van der Waals surface area contributed by atoms with Gasteiger partial charge in [0.2, 0.25) is 0 Å². The Morgan fingerprint density at radius 2 is 2.11 bits per heavy atom. The molecule has 0 saturated heterocycles. The van der Waals surface area contributed by atoms with E-state index >= 15 is 0 Å². The average Bonchev–Trinajstić information content (AvgIpc) is 2.46. The Hall–Kier alpha value is -2.01. The number of carbonyl (C=O) groups is 1. The number of hydrogen-bond acceptors (Lipinski definition) is 4. The van der Waals surface area contributed by atoms with Gasteiger partial charge < -0.3 is 9.84 Å². The van der Waals surface area contributed by atoms with Crippen LogP contribution >= 0.6 is 11.8 Å². The van der Waals surface area contributed by atoms with Crippen molar-refractivity contribution in [3.63, 3.8) is 0 Å². The van der Waals surface area contributed by atoms with Crippen LogP contribution in [0.1, 0.15) is 10.4 Å². The van der Waals surface area contributed by atoms with E-state index in [1.807, 2.05) is 24.5 Å². The van der Waals surface area contributed by atoms with E-state index < -0.39 is 5.97 Å². The summed E-state index contributed by atoms with van der Waals surface area (Å²) in [6.07, 6.45) is 4.90. The van der Waals surface area contributed by atoms with Gasteiger partial charge in [-0.1, -0.05) is 0 Å². The van der Waals surface area contributed by atoms with E-state index in [0.717, 1.165) is 10.5 Å². The van der Waals surface area contributed by atoms with Crippen LogP contribution in [0, 0.1) is 0 Å². The summed E-state index contributed by atoms with van der Waals surface area (Å²) in [6, 6.07) is 7.33. The van der Waals surface area contributed by atoms with Crippen LogP contribution in [0.25, 0.3) is 11.1 Å². The normalized spacial score (nSPS) is 10.2. The minimum Gasteiger partial charge on any atom is -0.497 e. The molecule has 0 amide bonds. The van der Waals surface area contributed by atoms with Crippen molar-refractivity contribution in [1.29, 1.82) is 0 Å². The van der Waals surface area contributed by atoms with Crippen molar-refractivity contribution in [2.24, 2.45) is 0 Å². The first-order valence-electron chi connectivity index (χ1n) is 5.57. The van der Waals surface area contributed by atoms with E-state index in [1.54, 1.807) is 31.1 Å². The largest absolute Gasteiger partial charge is 0.497 e. The van der Waals surface area contributed by atoms with Crippen molar-refractivity contribution < 1.29 is 14.6 Å². The number of carboxylic acids is 1. The summed E-state index contributed by atoms with van der Waals surface area (Å²) >= 11 is 1.56. The monoisotopic (exact) mass is 275 g/mol. The Balaban J connectivity index is 2.66. The third kappa shape index (κ3) is 2.71. The summed E-state index contributed by atoms with van der Waals surface area (Å²) < 4.78 is 5.20. The summed E-state index contributed by atoms with van der Waals surface area (Å²) in [5.74, 6) is -0.293. The first-order valence-corrected chi connectivity index (χ1v) is 6.79. The molecule has 0 aliphatic rings. The molecule has 0 aliphatic carbocycles. The highest BCUT2D eigenvalue weighted by Crippen LogP contribution is 2.34. The zero-order chi connectivity index (χ0) is 13.8. The van der Waals surface area contributed by atoms with Crippen LogP contribution in [0.3, 0.4) is 0 Å². The van der Waals surface area contributed by atoms with Crippen LogP contribution < -0.4 is 4.74 Å². The van der Waals surface area contributed by atoms with Gasteiger partial charge in [0.25, 0.3) is 0 Å². The van der Waals surface area contributed by atoms with Crippen LogP contribution in [0.2, 0.25) is 0 Å². The number of nitrogens with zero attached hydrogens (tertiary/aromatic N) is 1. The SMILES string of the molecule is COc1ccc(SC)c(-c2ccncc2C(=O)O)c1. The molecule has 1 aromatic heterocycles. The molecule has 5 heteroatoms. The molecule has 1 heterocycles. The lowest BCUT2D eigenvalue weighted by molar-refractivity contribution is 0.0697. The number of hydrogen-bond donors (Lipinski definition) is 1. The average molecular weight is 275 g/mol. The first kappa shape index (κ1) is 13.4. The molecule has 0 atom stereocenters. The summed E-state index contributed by atoms with van der Waals surface area (Å²) in [4.78, 5) is 16.1. The van der Waals surface area contributed by atoms with E-state index in [-0.39, 0.29) is 5.56 Å². The van der Waals surface area contributed by atoms with Gasteiger partial charge in [-0.2, -0.15) is 0 Å². The summed E-state index contributed by atoms with van der Waals surface area (Å²) in [6.45, 7) is 0. The van der Waals surface area contributed by atoms with Crippen molar-refractivity contribution in [1.82, 2.24) is 4.98 Å². The van der Waals surface area contributed by atoms with Crippen LogP contribution in [0.5, 0.6) is 5.75 Å². The van der Waals surface area contributed by atoms with Crippen LogP contribution in [-0.4, -0.2) is 29.4 Å². The van der Waals surface area contributed by atoms with Crippen molar-refractivity contribution >= 4 is 17.7 Å². The number of ether oxygens (including phenoxy) is 1. The van der Waals surface area contributed by atoms with E-state index in [9.17, 15) is 9.90 Å². The van der Waals surface area contributed by atoms with Crippen molar-refractivity contribution in [2.45, 2.75) is 4.90 Å². The van der Waals surface area contributed by atoms with Gasteiger partial charge in [-0.05, 0) is 36.1 Å². The second-order valence-electron chi connectivity index (χ2n) is 3.79. The number of aromatic carboxylic acids is 1. The predicted octanol–water partition coefficient (Wildman–Crippen LogP) is 3.18. The zero-order valence-corrected chi connectivity index (χ0v) is 11.4. The van der Waals surface area contributed by atoms with E-state index in [2.05, 4.69) is 4.98 Å². The number of thioether (sulfide) groups is 1. The smallest absolute Gasteiger partial charge is 0.337 e. The Bertz CT molecular complexity index is 613. The number of aromatic nitrogens is 1. The van der Waals surface area contributed by atoms with Gasteiger partial charge in [-0.25, -0.2) is 4.79 Å². The molecule has 0 spiro atoms. The van der Waals surface area contributed by atoms with Gasteiger partial charge in [0.1, 0.15) is 5.75 Å².